The molecule has 32 heavy (non-hydrogen) atoms. The lowest BCUT2D eigenvalue weighted by molar-refractivity contribution is -0.274. The molecule has 1 aromatic heterocycles. The number of nitrogens with zero attached hydrogens (tertiary/aromatic N) is 1. The fraction of sp³-hybridized carbons (Fsp3) is 0.261. The van der Waals surface area contributed by atoms with Crippen LogP contribution < -0.4 is 15.8 Å². The van der Waals surface area contributed by atoms with Gasteiger partial charge in [0.25, 0.3) is 5.91 Å². The topological polar surface area (TPSA) is 69.3 Å². The van der Waals surface area contributed by atoms with Gasteiger partial charge in [-0.1, -0.05) is 35.9 Å². The summed E-state index contributed by atoms with van der Waals surface area (Å²) in [6.45, 7) is 2.84. The molecule has 0 unspecified atom stereocenters. The van der Waals surface area contributed by atoms with Crippen molar-refractivity contribution < 1.29 is 22.7 Å². The number of ether oxygens (including phenoxy) is 1. The molecule has 1 aliphatic rings. The number of nitrogens with two attached hydrogens (primary N) is 1. The Morgan fingerprint density at radius 3 is 2.53 bits per heavy atom. The maximum absolute atomic E-state index is 12.7. The van der Waals surface area contributed by atoms with Gasteiger partial charge in [-0.3, -0.25) is 4.79 Å². The van der Waals surface area contributed by atoms with Gasteiger partial charge >= 0.3 is 6.36 Å². The van der Waals surface area contributed by atoms with Crippen molar-refractivity contribution in [2.45, 2.75) is 25.7 Å². The largest absolute Gasteiger partial charge is 0.573 e. The molecule has 4 rings (SSSR count). The van der Waals surface area contributed by atoms with Gasteiger partial charge in [0.15, 0.2) is 0 Å². The molecule has 0 spiro atoms. The van der Waals surface area contributed by atoms with Crippen LogP contribution in [0.3, 0.4) is 0 Å². The predicted molar refractivity (Wildman–Crippen MR) is 119 cm³/mol. The zero-order valence-corrected chi connectivity index (χ0v) is 18.1. The quantitative estimate of drug-likeness (QED) is 0.552. The van der Waals surface area contributed by atoms with Crippen LogP contribution in [0.2, 0.25) is 0 Å². The Bertz CT molecular complexity index is 1130. The van der Waals surface area contributed by atoms with Crippen LogP contribution in [-0.4, -0.2) is 29.9 Å². The average molecular weight is 466 g/mol. The number of alkyl halides is 3. The van der Waals surface area contributed by atoms with E-state index < -0.39 is 6.36 Å². The summed E-state index contributed by atoms with van der Waals surface area (Å²) in [6.07, 6.45) is -4.14. The predicted octanol–water partition coefficient (Wildman–Crippen LogP) is 5.08. The molecule has 1 atom stereocenters. The van der Waals surface area contributed by atoms with Crippen molar-refractivity contribution in [3.63, 3.8) is 0 Å². The van der Waals surface area contributed by atoms with Crippen LogP contribution in [0.25, 0.3) is 22.4 Å². The third-order valence-corrected chi connectivity index (χ3v) is 5.30. The molecule has 0 saturated carbocycles. The van der Waals surface area contributed by atoms with Crippen LogP contribution in [0, 0.1) is 6.92 Å². The Morgan fingerprint density at radius 2 is 1.84 bits per heavy atom. The lowest BCUT2D eigenvalue weighted by Gasteiger charge is -2.28. The van der Waals surface area contributed by atoms with Crippen molar-refractivity contribution in [2.75, 3.05) is 13.1 Å². The Labute approximate surface area is 189 Å². The highest BCUT2D eigenvalue weighted by molar-refractivity contribution is 5.98. The number of rotatable bonds is 5. The van der Waals surface area contributed by atoms with Crippen LogP contribution in [0.5, 0.6) is 5.75 Å². The molecular formula is C23H23ClF3N3O2. The molecule has 3 aromatic rings. The highest BCUT2D eigenvalue weighted by Gasteiger charge is 2.32. The molecule has 1 amide bonds. The van der Waals surface area contributed by atoms with E-state index in [1.54, 1.807) is 12.1 Å². The number of hydrogen-bond donors (Lipinski definition) is 2. The van der Waals surface area contributed by atoms with Gasteiger partial charge in [0.2, 0.25) is 0 Å². The monoisotopic (exact) mass is 465 g/mol. The highest BCUT2D eigenvalue weighted by Crippen LogP contribution is 2.40. The number of halogens is 4. The fourth-order valence-electron chi connectivity index (χ4n) is 4.06. The first-order valence-corrected chi connectivity index (χ1v) is 9.93. The van der Waals surface area contributed by atoms with E-state index in [4.69, 9.17) is 5.73 Å². The number of aryl methyl sites for hydroxylation is 1. The third-order valence-electron chi connectivity index (χ3n) is 5.30. The molecule has 0 bridgehead atoms. The molecule has 0 saturated heterocycles. The van der Waals surface area contributed by atoms with Crippen LogP contribution >= 0.6 is 12.4 Å². The number of carbonyl (C=O) groups is 1. The van der Waals surface area contributed by atoms with Gasteiger partial charge in [0, 0.05) is 12.1 Å². The molecular weight excluding hydrogens is 443 g/mol. The molecule has 0 fully saturated rings. The van der Waals surface area contributed by atoms with Gasteiger partial charge in [0.1, 0.15) is 11.4 Å². The minimum atomic E-state index is -4.79. The lowest BCUT2D eigenvalue weighted by atomic mass is 9.99. The van der Waals surface area contributed by atoms with E-state index in [1.807, 2.05) is 35.8 Å². The summed E-state index contributed by atoms with van der Waals surface area (Å²) >= 11 is 0. The zero-order valence-electron chi connectivity index (χ0n) is 17.3. The van der Waals surface area contributed by atoms with E-state index in [1.165, 1.54) is 18.2 Å². The van der Waals surface area contributed by atoms with E-state index >= 15 is 0 Å². The number of amides is 1. The van der Waals surface area contributed by atoms with Crippen molar-refractivity contribution in [3.05, 3.63) is 65.9 Å². The number of hydrogen-bond acceptors (Lipinski definition) is 3. The van der Waals surface area contributed by atoms with Gasteiger partial charge in [0.05, 0.1) is 11.7 Å². The van der Waals surface area contributed by atoms with Crippen molar-refractivity contribution >= 4 is 18.3 Å². The number of aromatic nitrogens is 1. The second-order valence-electron chi connectivity index (χ2n) is 7.55. The molecule has 5 nitrogen and oxygen atoms in total. The first-order chi connectivity index (χ1) is 14.8. The van der Waals surface area contributed by atoms with Gasteiger partial charge in [-0.25, -0.2) is 0 Å². The minimum Gasteiger partial charge on any atom is -0.406 e. The van der Waals surface area contributed by atoms with E-state index in [9.17, 15) is 18.0 Å². The Balaban J connectivity index is 0.00000289. The Hall–Kier alpha value is -2.97. The number of nitrogens with one attached hydrogen (secondary N) is 1. The van der Waals surface area contributed by atoms with Crippen LogP contribution in [0.4, 0.5) is 13.2 Å². The van der Waals surface area contributed by atoms with Crippen molar-refractivity contribution in [3.8, 4) is 28.1 Å². The first-order valence-electron chi connectivity index (χ1n) is 9.93. The van der Waals surface area contributed by atoms with Crippen molar-refractivity contribution in [1.29, 1.82) is 0 Å². The molecule has 170 valence electrons. The van der Waals surface area contributed by atoms with Gasteiger partial charge in [-0.2, -0.15) is 0 Å². The fourth-order valence-corrected chi connectivity index (χ4v) is 4.06. The molecule has 3 N–H and O–H groups in total. The van der Waals surface area contributed by atoms with Gasteiger partial charge < -0.3 is 20.4 Å². The number of fused-ring (bicyclic) bond motifs is 1. The standard InChI is InChI=1S/C23H22F3N3O2.ClH/c1-14-4-2-6-16(10-14)21-19(15-5-3-7-18(11-15)31-23(24,25)26)12-20-22(30)28-13-17(8-9-27)29(20)21;/h2-7,10-12,17H,8-9,13,27H2,1H3,(H,28,30);1H/t17-;/m0./s1. The summed E-state index contributed by atoms with van der Waals surface area (Å²) in [7, 11) is 0. The number of benzene rings is 2. The van der Waals surface area contributed by atoms with Gasteiger partial charge in [-0.05, 0) is 55.3 Å². The second kappa shape index (κ2) is 9.26. The van der Waals surface area contributed by atoms with Crippen LogP contribution in [-0.2, 0) is 0 Å². The summed E-state index contributed by atoms with van der Waals surface area (Å²) in [5.74, 6) is -0.538. The Morgan fingerprint density at radius 1 is 1.12 bits per heavy atom. The van der Waals surface area contributed by atoms with Crippen molar-refractivity contribution in [2.24, 2.45) is 5.73 Å². The van der Waals surface area contributed by atoms with Crippen LogP contribution in [0.1, 0.15) is 28.5 Å². The molecule has 1 aliphatic heterocycles. The summed E-state index contributed by atoms with van der Waals surface area (Å²) < 4.78 is 44.3. The minimum absolute atomic E-state index is 0. The van der Waals surface area contributed by atoms with Crippen molar-refractivity contribution in [1.82, 2.24) is 9.88 Å². The second-order valence-corrected chi connectivity index (χ2v) is 7.55. The van der Waals surface area contributed by atoms with E-state index in [0.717, 1.165) is 16.8 Å². The highest BCUT2D eigenvalue weighted by atomic mass is 35.5. The summed E-state index contributed by atoms with van der Waals surface area (Å²) in [6, 6.07) is 15.3. The van der Waals surface area contributed by atoms with Gasteiger partial charge in [-0.15, -0.1) is 25.6 Å². The molecule has 2 heterocycles. The number of carbonyl (C=O) groups excluding carboxylic acids is 1. The SMILES string of the molecule is Cc1cccc(-c2c(-c3cccc(OC(F)(F)F)c3)cc3n2[C@@H](CCN)CNC3=O)c1.Cl. The first kappa shape index (κ1) is 23.7. The zero-order chi connectivity index (χ0) is 22.2. The summed E-state index contributed by atoms with van der Waals surface area (Å²) in [5, 5.41) is 2.88. The molecule has 0 radical (unpaired) electrons. The molecule has 0 aliphatic carbocycles. The maximum Gasteiger partial charge on any atom is 0.573 e. The maximum atomic E-state index is 12.7. The van der Waals surface area contributed by atoms with E-state index in [-0.39, 0.29) is 30.1 Å². The Kier molecular flexibility index (Phi) is 6.85. The molecule has 9 heteroatoms. The lowest BCUT2D eigenvalue weighted by Crippen LogP contribution is -2.39. The van der Waals surface area contributed by atoms with Crippen LogP contribution in [0.15, 0.2) is 54.6 Å². The summed E-state index contributed by atoms with van der Waals surface area (Å²) in [5.41, 5.74) is 10.1. The normalized spacial score (nSPS) is 15.5. The smallest absolute Gasteiger partial charge is 0.406 e. The summed E-state index contributed by atoms with van der Waals surface area (Å²) in [4.78, 5) is 12.6. The van der Waals surface area contributed by atoms with E-state index in [0.29, 0.717) is 36.3 Å². The molecule has 2 aromatic carbocycles. The van der Waals surface area contributed by atoms with E-state index in [2.05, 4.69) is 10.1 Å². The average Bonchev–Trinajstić information content (AvgIpc) is 3.11. The third kappa shape index (κ3) is 4.76.